The van der Waals surface area contributed by atoms with E-state index in [9.17, 15) is 0 Å². The fraction of sp³-hybridized carbons (Fsp3) is 0.867. The van der Waals surface area contributed by atoms with E-state index in [1.165, 1.54) is 56.5 Å². The summed E-state index contributed by atoms with van der Waals surface area (Å²) in [6.07, 6.45) is 12.3. The van der Waals surface area contributed by atoms with Crippen LogP contribution in [-0.4, -0.2) is 24.1 Å². The molecule has 0 radical (unpaired) electrons. The molecule has 1 atom stereocenters. The molecule has 0 aromatic carbocycles. The maximum atomic E-state index is 3.72. The lowest BCUT2D eigenvalue weighted by atomic mass is 9.86. The van der Waals surface area contributed by atoms with Gasteiger partial charge in [-0.25, -0.2) is 0 Å². The van der Waals surface area contributed by atoms with E-state index in [0.717, 1.165) is 12.5 Å². The lowest BCUT2D eigenvalue weighted by molar-refractivity contribution is 0.385. The molecule has 0 aromatic heterocycles. The highest BCUT2D eigenvalue weighted by atomic mass is 32.2. The van der Waals surface area contributed by atoms with Gasteiger partial charge in [0.2, 0.25) is 0 Å². The van der Waals surface area contributed by atoms with E-state index in [4.69, 9.17) is 0 Å². The van der Waals surface area contributed by atoms with Gasteiger partial charge in [0.05, 0.1) is 0 Å². The van der Waals surface area contributed by atoms with Gasteiger partial charge in [-0.05, 0) is 68.9 Å². The largest absolute Gasteiger partial charge is 0.311 e. The van der Waals surface area contributed by atoms with Crippen molar-refractivity contribution in [2.75, 3.05) is 18.1 Å². The van der Waals surface area contributed by atoms with Gasteiger partial charge in [-0.3, -0.25) is 0 Å². The highest BCUT2D eigenvalue weighted by molar-refractivity contribution is 7.99. The third-order valence-electron chi connectivity index (χ3n) is 4.13. The van der Waals surface area contributed by atoms with Crippen LogP contribution in [0.4, 0.5) is 0 Å². The Morgan fingerprint density at radius 3 is 2.82 bits per heavy atom. The summed E-state index contributed by atoms with van der Waals surface area (Å²) in [5, 5.41) is 3.72. The topological polar surface area (TPSA) is 12.0 Å². The van der Waals surface area contributed by atoms with Crippen LogP contribution in [0, 0.1) is 5.92 Å². The van der Waals surface area contributed by atoms with Crippen molar-refractivity contribution in [3.63, 3.8) is 0 Å². The molecule has 1 N–H and O–H groups in total. The van der Waals surface area contributed by atoms with Crippen LogP contribution >= 0.6 is 11.8 Å². The Morgan fingerprint density at radius 1 is 1.35 bits per heavy atom. The molecule has 17 heavy (non-hydrogen) atoms. The summed E-state index contributed by atoms with van der Waals surface area (Å²) in [6, 6.07) is 0.688. The van der Waals surface area contributed by atoms with Gasteiger partial charge in [0.15, 0.2) is 0 Å². The molecule has 1 aliphatic carbocycles. The summed E-state index contributed by atoms with van der Waals surface area (Å²) in [6.45, 7) is 3.36. The molecule has 1 heterocycles. The average Bonchev–Trinajstić information content (AvgIpc) is 2.40. The SMILES string of the molecule is CCNC(CC1CCSCC1)C1=CCCCC1. The second-order valence-electron chi connectivity index (χ2n) is 5.43. The zero-order valence-electron chi connectivity index (χ0n) is 11.2. The van der Waals surface area contributed by atoms with Crippen LogP contribution in [0.1, 0.15) is 51.9 Å². The standard InChI is InChI=1S/C15H27NS/c1-2-16-15(14-6-4-3-5-7-14)12-13-8-10-17-11-9-13/h6,13,15-16H,2-5,7-12H2,1H3. The second kappa shape index (κ2) is 7.48. The van der Waals surface area contributed by atoms with Gasteiger partial charge in [0.25, 0.3) is 0 Å². The predicted molar refractivity (Wildman–Crippen MR) is 78.7 cm³/mol. The van der Waals surface area contributed by atoms with Gasteiger partial charge in [-0.2, -0.15) is 11.8 Å². The quantitative estimate of drug-likeness (QED) is 0.743. The Morgan fingerprint density at radius 2 is 2.18 bits per heavy atom. The van der Waals surface area contributed by atoms with Gasteiger partial charge in [0, 0.05) is 6.04 Å². The number of rotatable bonds is 5. The minimum Gasteiger partial charge on any atom is -0.311 e. The van der Waals surface area contributed by atoms with Crippen LogP contribution in [0.5, 0.6) is 0 Å². The minimum atomic E-state index is 0.688. The molecule has 0 amide bonds. The summed E-state index contributed by atoms with van der Waals surface area (Å²) < 4.78 is 0. The maximum Gasteiger partial charge on any atom is 0.0281 e. The first-order valence-electron chi connectivity index (χ1n) is 7.40. The molecule has 1 aliphatic heterocycles. The van der Waals surface area contributed by atoms with Crippen LogP contribution in [0.3, 0.4) is 0 Å². The van der Waals surface area contributed by atoms with Crippen molar-refractivity contribution < 1.29 is 0 Å². The fourth-order valence-corrected chi connectivity index (χ4v) is 4.31. The Balaban J connectivity index is 1.88. The van der Waals surface area contributed by atoms with Gasteiger partial charge in [-0.15, -0.1) is 0 Å². The first kappa shape index (κ1) is 13.5. The third kappa shape index (κ3) is 4.33. The molecule has 1 unspecified atom stereocenters. The van der Waals surface area contributed by atoms with Gasteiger partial charge >= 0.3 is 0 Å². The molecule has 0 saturated carbocycles. The molecular formula is C15H27NS. The van der Waals surface area contributed by atoms with Crippen LogP contribution in [0.2, 0.25) is 0 Å². The van der Waals surface area contributed by atoms with E-state index >= 15 is 0 Å². The van der Waals surface area contributed by atoms with Gasteiger partial charge in [0.1, 0.15) is 0 Å². The van der Waals surface area contributed by atoms with Gasteiger partial charge in [-0.1, -0.05) is 18.6 Å². The summed E-state index contributed by atoms with van der Waals surface area (Å²) in [7, 11) is 0. The van der Waals surface area contributed by atoms with Crippen LogP contribution in [0.25, 0.3) is 0 Å². The molecular weight excluding hydrogens is 226 g/mol. The van der Waals surface area contributed by atoms with Gasteiger partial charge < -0.3 is 5.32 Å². The summed E-state index contributed by atoms with van der Waals surface area (Å²) in [5.74, 6) is 3.76. The van der Waals surface area contributed by atoms with Crippen molar-refractivity contribution in [2.45, 2.75) is 57.9 Å². The zero-order chi connectivity index (χ0) is 11.9. The number of thioether (sulfide) groups is 1. The Labute approximate surface area is 111 Å². The molecule has 2 rings (SSSR count). The molecule has 0 aromatic rings. The number of hydrogen-bond acceptors (Lipinski definition) is 2. The second-order valence-corrected chi connectivity index (χ2v) is 6.65. The smallest absolute Gasteiger partial charge is 0.0281 e. The molecule has 1 fully saturated rings. The molecule has 0 spiro atoms. The molecule has 2 heteroatoms. The molecule has 0 bridgehead atoms. The third-order valence-corrected chi connectivity index (χ3v) is 5.18. The number of hydrogen-bond donors (Lipinski definition) is 1. The first-order valence-corrected chi connectivity index (χ1v) is 8.55. The lowest BCUT2D eigenvalue weighted by Crippen LogP contribution is -2.34. The summed E-state index contributed by atoms with van der Waals surface area (Å²) >= 11 is 2.14. The van der Waals surface area contributed by atoms with Crippen molar-refractivity contribution in [2.24, 2.45) is 5.92 Å². The van der Waals surface area contributed by atoms with Crippen LogP contribution in [0.15, 0.2) is 11.6 Å². The number of nitrogens with one attached hydrogen (secondary N) is 1. The van der Waals surface area contributed by atoms with E-state index < -0.39 is 0 Å². The van der Waals surface area contributed by atoms with E-state index in [1.807, 2.05) is 0 Å². The Kier molecular flexibility index (Phi) is 5.93. The van der Waals surface area contributed by atoms with E-state index in [2.05, 4.69) is 30.1 Å². The van der Waals surface area contributed by atoms with Crippen LogP contribution < -0.4 is 5.32 Å². The van der Waals surface area contributed by atoms with E-state index in [1.54, 1.807) is 5.57 Å². The maximum absolute atomic E-state index is 3.72. The fourth-order valence-electron chi connectivity index (χ4n) is 3.11. The predicted octanol–water partition coefficient (Wildman–Crippen LogP) is 4.00. The Hall–Kier alpha value is 0.0500. The molecule has 2 aliphatic rings. The highest BCUT2D eigenvalue weighted by Crippen LogP contribution is 2.30. The lowest BCUT2D eigenvalue weighted by Gasteiger charge is -2.30. The minimum absolute atomic E-state index is 0.688. The van der Waals surface area contributed by atoms with Crippen molar-refractivity contribution in [3.8, 4) is 0 Å². The zero-order valence-corrected chi connectivity index (χ0v) is 12.0. The molecule has 98 valence electrons. The van der Waals surface area contributed by atoms with Crippen molar-refractivity contribution >= 4 is 11.8 Å². The average molecular weight is 253 g/mol. The number of allylic oxidation sites excluding steroid dienone is 1. The summed E-state index contributed by atoms with van der Waals surface area (Å²) in [4.78, 5) is 0. The van der Waals surface area contributed by atoms with Crippen molar-refractivity contribution in [1.29, 1.82) is 0 Å². The normalized spacial score (nSPS) is 24.4. The van der Waals surface area contributed by atoms with Crippen LogP contribution in [-0.2, 0) is 0 Å². The monoisotopic (exact) mass is 253 g/mol. The molecule has 1 saturated heterocycles. The van der Waals surface area contributed by atoms with E-state index in [-0.39, 0.29) is 0 Å². The van der Waals surface area contributed by atoms with E-state index in [0.29, 0.717) is 6.04 Å². The summed E-state index contributed by atoms with van der Waals surface area (Å²) in [5.41, 5.74) is 1.72. The molecule has 1 nitrogen and oxygen atoms in total. The Bertz CT molecular complexity index is 243. The highest BCUT2D eigenvalue weighted by Gasteiger charge is 2.21. The van der Waals surface area contributed by atoms with Crippen molar-refractivity contribution in [3.05, 3.63) is 11.6 Å². The number of likely N-dealkylation sites (N-methyl/N-ethyl adjacent to an activating group) is 1. The first-order chi connectivity index (χ1) is 8.40. The van der Waals surface area contributed by atoms with Crippen molar-refractivity contribution in [1.82, 2.24) is 5.32 Å².